The van der Waals surface area contributed by atoms with Gasteiger partial charge in [0.15, 0.2) is 11.9 Å². The lowest BCUT2D eigenvalue weighted by molar-refractivity contribution is -0.161. The maximum atomic E-state index is 13.0. The smallest absolute Gasteiger partial charge is 0.254 e. The van der Waals surface area contributed by atoms with Crippen LogP contribution in [0.15, 0.2) is 12.1 Å². The third-order valence-electron chi connectivity index (χ3n) is 6.04. The molecule has 3 atom stereocenters. The molecule has 1 amide bonds. The average Bonchev–Trinajstić information content (AvgIpc) is 3.07. The number of nitrogens with one attached hydrogen (secondary N) is 1. The van der Waals surface area contributed by atoms with Gasteiger partial charge in [0.2, 0.25) is 0 Å². The average molecular weight is 487 g/mol. The van der Waals surface area contributed by atoms with Gasteiger partial charge in [-0.25, -0.2) is 0 Å². The Kier molecular flexibility index (Phi) is 7.74. The van der Waals surface area contributed by atoms with Crippen LogP contribution in [0.5, 0.6) is 5.75 Å². The van der Waals surface area contributed by atoms with E-state index in [2.05, 4.69) is 4.72 Å². The van der Waals surface area contributed by atoms with Crippen molar-refractivity contribution in [1.82, 2.24) is 9.62 Å². The normalized spacial score (nSPS) is 23.9. The summed E-state index contributed by atoms with van der Waals surface area (Å²) >= 11 is 4.86. The quantitative estimate of drug-likeness (QED) is 0.614. The van der Waals surface area contributed by atoms with E-state index in [9.17, 15) is 14.5 Å². The molecule has 0 aliphatic carbocycles. The fourth-order valence-electron chi connectivity index (χ4n) is 4.11. The summed E-state index contributed by atoms with van der Waals surface area (Å²) in [7, 11) is 0. The fourth-order valence-corrected chi connectivity index (χ4v) is 5.18. The van der Waals surface area contributed by atoms with Gasteiger partial charge >= 0.3 is 0 Å². The van der Waals surface area contributed by atoms with Crippen molar-refractivity contribution in [2.75, 3.05) is 19.7 Å². The van der Waals surface area contributed by atoms with Gasteiger partial charge in [-0.05, 0) is 78.0 Å². The van der Waals surface area contributed by atoms with E-state index in [0.29, 0.717) is 36.5 Å². The summed E-state index contributed by atoms with van der Waals surface area (Å²) < 4.78 is 27.0. The highest BCUT2D eigenvalue weighted by atomic mass is 35.5. The van der Waals surface area contributed by atoms with Crippen molar-refractivity contribution in [3.63, 3.8) is 0 Å². The van der Waals surface area contributed by atoms with E-state index in [1.165, 1.54) is 0 Å². The number of likely N-dealkylation sites (tertiary alicyclic amines) is 1. The number of halogens is 1. The van der Waals surface area contributed by atoms with Gasteiger partial charge in [-0.1, -0.05) is 11.6 Å². The number of phenols is 1. The minimum absolute atomic E-state index is 0.0537. The van der Waals surface area contributed by atoms with E-state index >= 15 is 0 Å². The Morgan fingerprint density at radius 2 is 1.97 bits per heavy atom. The van der Waals surface area contributed by atoms with E-state index < -0.39 is 28.0 Å². The highest BCUT2D eigenvalue weighted by Crippen LogP contribution is 2.39. The van der Waals surface area contributed by atoms with Gasteiger partial charge in [0.1, 0.15) is 10.5 Å². The first-order valence-electron chi connectivity index (χ1n) is 11.1. The Balaban J connectivity index is 1.75. The zero-order chi connectivity index (χ0) is 23.8. The predicted octanol–water partition coefficient (Wildman–Crippen LogP) is 3.84. The lowest BCUT2D eigenvalue weighted by Gasteiger charge is -2.38. The van der Waals surface area contributed by atoms with E-state index in [-0.39, 0.29) is 30.2 Å². The molecule has 0 aromatic heterocycles. The number of nitrogens with zero attached hydrogens (tertiary/aromatic N) is 1. The van der Waals surface area contributed by atoms with Crippen LogP contribution in [0.25, 0.3) is 0 Å². The number of carbonyl (C=O) groups is 1. The lowest BCUT2D eigenvalue weighted by atomic mass is 9.85. The van der Waals surface area contributed by atoms with Gasteiger partial charge in [0, 0.05) is 35.0 Å². The number of aryl methyl sites for hydroxylation is 1. The minimum Gasteiger partial charge on any atom is -0.598 e. The molecule has 7 nitrogen and oxygen atoms in total. The fraction of sp³-hybridized carbons (Fsp3) is 0.696. The van der Waals surface area contributed by atoms with Crippen molar-refractivity contribution < 1.29 is 23.9 Å². The van der Waals surface area contributed by atoms with E-state index in [4.69, 9.17) is 21.1 Å². The molecule has 2 heterocycles. The van der Waals surface area contributed by atoms with Crippen LogP contribution in [0.4, 0.5) is 0 Å². The largest absolute Gasteiger partial charge is 0.598 e. The molecule has 9 heteroatoms. The Hall–Kier alpha value is -1.03. The van der Waals surface area contributed by atoms with Gasteiger partial charge in [-0.15, -0.1) is 4.72 Å². The van der Waals surface area contributed by atoms with Crippen LogP contribution in [0, 0.1) is 12.8 Å². The van der Waals surface area contributed by atoms with Crippen LogP contribution in [0.2, 0.25) is 5.02 Å². The summed E-state index contributed by atoms with van der Waals surface area (Å²) in [6.45, 7) is 12.6. The molecule has 0 spiro atoms. The number of rotatable bonds is 5. The van der Waals surface area contributed by atoms with Crippen molar-refractivity contribution in [2.24, 2.45) is 5.92 Å². The van der Waals surface area contributed by atoms with Crippen LogP contribution in [-0.4, -0.2) is 56.8 Å². The van der Waals surface area contributed by atoms with Gasteiger partial charge in [0.05, 0.1) is 12.6 Å². The van der Waals surface area contributed by atoms with E-state index in [1.54, 1.807) is 19.9 Å². The molecule has 0 bridgehead atoms. The SMILES string of the molecule is Cc1cc(C(N[S@@+]([O-])C(C)(C)C)C2CCN(C(=O)[C@H]3COC(C)(C)O3)CC2)c(O)cc1Cl. The predicted molar refractivity (Wildman–Crippen MR) is 126 cm³/mol. The van der Waals surface area contributed by atoms with Crippen LogP contribution in [0.1, 0.15) is 64.6 Å². The van der Waals surface area contributed by atoms with E-state index in [1.807, 2.05) is 38.7 Å². The topological polar surface area (TPSA) is 94.1 Å². The highest BCUT2D eigenvalue weighted by molar-refractivity contribution is 7.90. The third kappa shape index (κ3) is 5.90. The number of aromatic hydroxyl groups is 1. The maximum absolute atomic E-state index is 13.0. The first-order valence-corrected chi connectivity index (χ1v) is 12.6. The molecule has 2 fully saturated rings. The molecule has 2 saturated heterocycles. The zero-order valence-corrected chi connectivity index (χ0v) is 21.3. The summed E-state index contributed by atoms with van der Waals surface area (Å²) in [6.07, 6.45) is 0.845. The molecule has 1 aromatic rings. The molecule has 0 saturated carbocycles. The zero-order valence-electron chi connectivity index (χ0n) is 19.7. The lowest BCUT2D eigenvalue weighted by Crippen LogP contribution is -2.48. The Bertz CT molecular complexity index is 836. The number of carbonyl (C=O) groups excluding carboxylic acids is 1. The highest BCUT2D eigenvalue weighted by Gasteiger charge is 2.41. The summed E-state index contributed by atoms with van der Waals surface area (Å²) in [5.74, 6) is -0.619. The molecule has 2 aliphatic rings. The number of hydrogen-bond acceptors (Lipinski definition) is 6. The molecule has 1 aromatic carbocycles. The number of amides is 1. The van der Waals surface area contributed by atoms with Crippen LogP contribution >= 0.6 is 11.6 Å². The Morgan fingerprint density at radius 1 is 1.34 bits per heavy atom. The van der Waals surface area contributed by atoms with Gasteiger partial charge in [0.25, 0.3) is 5.91 Å². The van der Waals surface area contributed by atoms with Crippen molar-refractivity contribution >= 4 is 28.9 Å². The van der Waals surface area contributed by atoms with Crippen LogP contribution < -0.4 is 4.72 Å². The van der Waals surface area contributed by atoms with Crippen LogP contribution in [-0.2, 0) is 25.6 Å². The molecule has 2 aliphatic heterocycles. The molecule has 2 N–H and O–H groups in total. The number of benzene rings is 1. The molecule has 180 valence electrons. The van der Waals surface area contributed by atoms with Crippen molar-refractivity contribution in [3.05, 3.63) is 28.3 Å². The van der Waals surface area contributed by atoms with Gasteiger partial charge in [-0.2, -0.15) is 0 Å². The molecule has 3 rings (SSSR count). The second-order valence-corrected chi connectivity index (χ2v) is 12.5. The van der Waals surface area contributed by atoms with Crippen molar-refractivity contribution in [2.45, 2.75) is 77.1 Å². The Morgan fingerprint density at radius 3 is 2.50 bits per heavy atom. The van der Waals surface area contributed by atoms with Crippen molar-refractivity contribution in [1.29, 1.82) is 0 Å². The summed E-state index contributed by atoms with van der Waals surface area (Å²) in [5, 5.41) is 11.1. The number of ether oxygens (including phenoxy) is 2. The number of piperidine rings is 1. The van der Waals surface area contributed by atoms with E-state index in [0.717, 1.165) is 5.56 Å². The van der Waals surface area contributed by atoms with Gasteiger partial charge < -0.3 is 24.0 Å². The second kappa shape index (κ2) is 9.68. The Labute approximate surface area is 199 Å². The maximum Gasteiger partial charge on any atom is 0.254 e. The first kappa shape index (κ1) is 25.6. The van der Waals surface area contributed by atoms with Gasteiger partial charge in [-0.3, -0.25) is 4.79 Å². The summed E-state index contributed by atoms with van der Waals surface area (Å²) in [4.78, 5) is 14.7. The molecule has 1 unspecified atom stereocenters. The van der Waals surface area contributed by atoms with Crippen LogP contribution in [0.3, 0.4) is 0 Å². The summed E-state index contributed by atoms with van der Waals surface area (Å²) in [5.41, 5.74) is 1.53. The second-order valence-electron chi connectivity index (χ2n) is 10.1. The standard InChI is InChI=1S/C23H35ClN2O5S/c1-14-11-16(18(27)12-17(14)24)20(25-32(29)22(2,3)4)15-7-9-26(10-8-15)21(28)19-13-30-23(5,6)31-19/h11-12,15,19-20,25,27H,7-10,13H2,1-6H3/t19-,20?,32+/m1/s1. The monoisotopic (exact) mass is 486 g/mol. The minimum atomic E-state index is -1.33. The molecule has 32 heavy (non-hydrogen) atoms. The molecule has 0 radical (unpaired) electrons. The molecular formula is C23H35ClN2O5S. The summed E-state index contributed by atoms with van der Waals surface area (Å²) in [6, 6.07) is 3.07. The first-order chi connectivity index (χ1) is 14.8. The third-order valence-corrected chi connectivity index (χ3v) is 8.03. The van der Waals surface area contributed by atoms with Crippen molar-refractivity contribution in [3.8, 4) is 5.75 Å². The number of hydrogen-bond donors (Lipinski definition) is 2. The number of phenolic OH excluding ortho intramolecular Hbond substituents is 1. The molecular weight excluding hydrogens is 452 g/mol.